The molecule has 0 radical (unpaired) electrons. The summed E-state index contributed by atoms with van der Waals surface area (Å²) in [5.41, 5.74) is 1.70. The number of thioether (sulfide) groups is 2. The molecule has 2 aromatic carbocycles. The van der Waals surface area contributed by atoms with Crippen LogP contribution in [0.2, 0.25) is 5.02 Å². The minimum atomic E-state index is -0.208. The maximum atomic E-state index is 12.7. The molecule has 7 heteroatoms. The maximum absolute atomic E-state index is 12.7. The van der Waals surface area contributed by atoms with Gasteiger partial charge in [-0.15, -0.1) is 11.8 Å². The zero-order valence-electron chi connectivity index (χ0n) is 13.9. The van der Waals surface area contributed by atoms with E-state index < -0.39 is 0 Å². The predicted molar refractivity (Wildman–Crippen MR) is 111 cm³/mol. The molecule has 0 aliphatic rings. The summed E-state index contributed by atoms with van der Waals surface area (Å²) < 4.78 is 3.14. The van der Waals surface area contributed by atoms with Crippen LogP contribution in [0.25, 0.3) is 10.2 Å². The fourth-order valence-corrected chi connectivity index (χ4v) is 4.79. The average Bonchev–Trinajstić information content (AvgIpc) is 2.95. The van der Waals surface area contributed by atoms with Crippen molar-refractivity contribution >= 4 is 62.6 Å². The van der Waals surface area contributed by atoms with Crippen molar-refractivity contribution < 1.29 is 4.79 Å². The Morgan fingerprint density at radius 2 is 2.04 bits per heavy atom. The van der Waals surface area contributed by atoms with Gasteiger partial charge in [-0.2, -0.15) is 16.8 Å². The van der Waals surface area contributed by atoms with Crippen LogP contribution in [0.3, 0.4) is 0 Å². The van der Waals surface area contributed by atoms with Crippen LogP contribution in [0.4, 0.5) is 0 Å². The number of thiazole rings is 1. The number of halogens is 1. The maximum Gasteiger partial charge on any atom is 0.280 e. The second-order valence-corrected chi connectivity index (χ2v) is 8.54. The summed E-state index contributed by atoms with van der Waals surface area (Å²) in [5, 5.41) is 0.691. The Balaban J connectivity index is 2.12. The topological polar surface area (TPSA) is 34.4 Å². The highest BCUT2D eigenvalue weighted by molar-refractivity contribution is 7.98. The largest absolute Gasteiger partial charge is 0.316 e. The van der Waals surface area contributed by atoms with E-state index in [0.717, 1.165) is 27.4 Å². The van der Waals surface area contributed by atoms with Gasteiger partial charge in [-0.05, 0) is 42.8 Å². The molecular formula is C18H17ClN2OS3. The van der Waals surface area contributed by atoms with Crippen molar-refractivity contribution in [2.45, 2.75) is 11.4 Å². The molecule has 0 spiro atoms. The first-order valence-corrected chi connectivity index (χ1v) is 11.4. The molecule has 25 heavy (non-hydrogen) atoms. The van der Waals surface area contributed by atoms with Gasteiger partial charge in [-0.25, -0.2) is 0 Å². The Bertz CT molecular complexity index is 978. The SMILES string of the molecule is CSCCn1c(=NC(=O)c2ccccc2SC)sc2cc(Cl)ccc21. The Labute approximate surface area is 164 Å². The summed E-state index contributed by atoms with van der Waals surface area (Å²) in [6.45, 7) is 0.805. The first kappa shape index (κ1) is 18.6. The number of rotatable bonds is 5. The number of hydrogen-bond acceptors (Lipinski definition) is 4. The molecule has 130 valence electrons. The monoisotopic (exact) mass is 408 g/mol. The van der Waals surface area contributed by atoms with E-state index in [-0.39, 0.29) is 5.91 Å². The molecule has 0 unspecified atom stereocenters. The van der Waals surface area contributed by atoms with Crippen LogP contribution in [-0.2, 0) is 6.54 Å². The molecule has 1 heterocycles. The van der Waals surface area contributed by atoms with Crippen molar-refractivity contribution in [3.05, 3.63) is 57.9 Å². The van der Waals surface area contributed by atoms with Crippen LogP contribution in [0, 0.1) is 0 Å². The van der Waals surface area contributed by atoms with E-state index in [0.29, 0.717) is 15.4 Å². The molecule has 0 fully saturated rings. The van der Waals surface area contributed by atoms with E-state index in [2.05, 4.69) is 15.8 Å². The third-order valence-electron chi connectivity index (χ3n) is 3.70. The van der Waals surface area contributed by atoms with Gasteiger partial charge in [0.1, 0.15) is 0 Å². The molecule has 0 bridgehead atoms. The third-order valence-corrected chi connectivity index (χ3v) is 6.36. The lowest BCUT2D eigenvalue weighted by molar-refractivity contribution is 0.0995. The van der Waals surface area contributed by atoms with Gasteiger partial charge in [0.25, 0.3) is 5.91 Å². The number of aromatic nitrogens is 1. The molecule has 0 saturated carbocycles. The summed E-state index contributed by atoms with van der Waals surface area (Å²) in [6, 6.07) is 13.4. The molecule has 0 N–H and O–H groups in total. The zero-order valence-corrected chi connectivity index (χ0v) is 17.1. The Morgan fingerprint density at radius 1 is 1.24 bits per heavy atom. The van der Waals surface area contributed by atoms with Gasteiger partial charge in [0.05, 0.1) is 15.8 Å². The van der Waals surface area contributed by atoms with Gasteiger partial charge in [0.15, 0.2) is 4.80 Å². The van der Waals surface area contributed by atoms with Gasteiger partial charge in [0, 0.05) is 22.2 Å². The highest BCUT2D eigenvalue weighted by Gasteiger charge is 2.12. The number of benzene rings is 2. The highest BCUT2D eigenvalue weighted by Crippen LogP contribution is 2.23. The van der Waals surface area contributed by atoms with E-state index in [1.165, 1.54) is 11.3 Å². The Morgan fingerprint density at radius 3 is 2.80 bits per heavy atom. The molecule has 1 aromatic heterocycles. The minimum Gasteiger partial charge on any atom is -0.316 e. The van der Waals surface area contributed by atoms with Crippen LogP contribution in [-0.4, -0.2) is 28.7 Å². The molecule has 0 atom stereocenters. The normalized spacial score (nSPS) is 12.0. The molecule has 0 saturated heterocycles. The van der Waals surface area contributed by atoms with Gasteiger partial charge in [-0.1, -0.05) is 35.1 Å². The summed E-state index contributed by atoms with van der Waals surface area (Å²) in [4.78, 5) is 18.8. The molecule has 3 nitrogen and oxygen atoms in total. The van der Waals surface area contributed by atoms with E-state index >= 15 is 0 Å². The molecule has 0 aliphatic carbocycles. The minimum absolute atomic E-state index is 0.208. The van der Waals surface area contributed by atoms with Crippen LogP contribution in [0.1, 0.15) is 10.4 Å². The van der Waals surface area contributed by atoms with Crippen molar-refractivity contribution in [3.8, 4) is 0 Å². The van der Waals surface area contributed by atoms with E-state index in [1.54, 1.807) is 23.5 Å². The molecule has 3 aromatic rings. The lowest BCUT2D eigenvalue weighted by Gasteiger charge is -2.05. The predicted octanol–water partition coefficient (Wildman–Crippen LogP) is 5.18. The molecule has 0 aliphatic heterocycles. The molecule has 3 rings (SSSR count). The quantitative estimate of drug-likeness (QED) is 0.545. The van der Waals surface area contributed by atoms with Crippen molar-refractivity contribution in [2.24, 2.45) is 4.99 Å². The fourth-order valence-electron chi connectivity index (χ4n) is 2.50. The van der Waals surface area contributed by atoms with E-state index in [4.69, 9.17) is 11.6 Å². The van der Waals surface area contributed by atoms with Gasteiger partial charge in [-0.3, -0.25) is 4.79 Å². The van der Waals surface area contributed by atoms with Crippen molar-refractivity contribution in [1.82, 2.24) is 4.57 Å². The Kier molecular flexibility index (Phi) is 6.28. The second kappa shape index (κ2) is 8.45. The van der Waals surface area contributed by atoms with Crippen LogP contribution >= 0.6 is 46.5 Å². The highest BCUT2D eigenvalue weighted by atomic mass is 35.5. The van der Waals surface area contributed by atoms with E-state index in [9.17, 15) is 4.79 Å². The second-order valence-electron chi connectivity index (χ2n) is 5.26. The van der Waals surface area contributed by atoms with Crippen LogP contribution in [0.5, 0.6) is 0 Å². The van der Waals surface area contributed by atoms with Crippen molar-refractivity contribution in [3.63, 3.8) is 0 Å². The van der Waals surface area contributed by atoms with Gasteiger partial charge in [0.2, 0.25) is 0 Å². The van der Waals surface area contributed by atoms with Crippen LogP contribution < -0.4 is 4.80 Å². The van der Waals surface area contributed by atoms with Crippen LogP contribution in [0.15, 0.2) is 52.4 Å². The first-order chi connectivity index (χ1) is 12.1. The number of aryl methyl sites for hydroxylation is 1. The smallest absolute Gasteiger partial charge is 0.280 e. The number of nitrogens with zero attached hydrogens (tertiary/aromatic N) is 2. The van der Waals surface area contributed by atoms with E-state index in [1.807, 2.05) is 48.7 Å². The number of carbonyl (C=O) groups is 1. The Hall–Kier alpha value is -1.21. The molecular weight excluding hydrogens is 392 g/mol. The summed E-state index contributed by atoms with van der Waals surface area (Å²) >= 11 is 10.9. The lowest BCUT2D eigenvalue weighted by atomic mass is 10.2. The van der Waals surface area contributed by atoms with Crippen molar-refractivity contribution in [1.29, 1.82) is 0 Å². The third kappa shape index (κ3) is 4.14. The van der Waals surface area contributed by atoms with Gasteiger partial charge >= 0.3 is 0 Å². The first-order valence-electron chi connectivity index (χ1n) is 7.64. The standard InChI is InChI=1S/C18H17ClN2OS3/c1-23-10-9-21-14-8-7-12(19)11-16(14)25-18(21)20-17(22)13-5-3-4-6-15(13)24-2/h3-8,11H,9-10H2,1-2H3. The molecule has 1 amide bonds. The lowest BCUT2D eigenvalue weighted by Crippen LogP contribution is -2.18. The van der Waals surface area contributed by atoms with Crippen molar-refractivity contribution in [2.75, 3.05) is 18.3 Å². The summed E-state index contributed by atoms with van der Waals surface area (Å²) in [7, 11) is 0. The van der Waals surface area contributed by atoms with Gasteiger partial charge < -0.3 is 4.57 Å². The number of fused-ring (bicyclic) bond motifs is 1. The number of carbonyl (C=O) groups excluding carboxylic acids is 1. The zero-order chi connectivity index (χ0) is 17.8. The number of hydrogen-bond donors (Lipinski definition) is 0. The fraction of sp³-hybridized carbons (Fsp3) is 0.222. The summed E-state index contributed by atoms with van der Waals surface area (Å²) in [5.74, 6) is 0.748. The number of amides is 1. The average molecular weight is 409 g/mol. The summed E-state index contributed by atoms with van der Waals surface area (Å²) in [6.07, 6.45) is 4.04.